The first-order valence-corrected chi connectivity index (χ1v) is 9.94. The Morgan fingerprint density at radius 3 is 2.68 bits per heavy atom. The van der Waals surface area contributed by atoms with Gasteiger partial charge in [0.2, 0.25) is 0 Å². The average Bonchev–Trinajstić information content (AvgIpc) is 2.98. The maximum Gasteiger partial charge on any atom is 0.0997 e. The molecule has 1 unspecified atom stereocenters. The van der Waals surface area contributed by atoms with Crippen molar-refractivity contribution in [3.8, 4) is 0 Å². The van der Waals surface area contributed by atoms with Crippen molar-refractivity contribution in [2.24, 2.45) is 16.3 Å². The van der Waals surface area contributed by atoms with Crippen molar-refractivity contribution in [2.45, 2.75) is 72.1 Å². The molecule has 0 saturated carbocycles. The maximum absolute atomic E-state index is 9.77. The molecule has 0 aromatic carbocycles. The van der Waals surface area contributed by atoms with Crippen LogP contribution in [-0.2, 0) is 4.74 Å². The van der Waals surface area contributed by atoms with E-state index in [1.165, 1.54) is 0 Å². The number of aliphatic hydroxyl groups is 1. The number of hydrogen-bond donors (Lipinski definition) is 3. The van der Waals surface area contributed by atoms with Crippen LogP contribution in [0.5, 0.6) is 0 Å². The molecule has 3 atom stereocenters. The minimum absolute atomic E-state index is 0.0238. The molecular weight excluding hydrogens is 352 g/mol. The Kier molecular flexibility index (Phi) is 7.26. The second kappa shape index (κ2) is 9.07. The highest BCUT2D eigenvalue weighted by Crippen LogP contribution is 2.41. The lowest BCUT2D eigenvalue weighted by Gasteiger charge is -2.35. The summed E-state index contributed by atoms with van der Waals surface area (Å²) in [5, 5.41) is 14.7. The van der Waals surface area contributed by atoms with E-state index in [-0.39, 0.29) is 30.3 Å². The molecule has 2 heterocycles. The van der Waals surface area contributed by atoms with Gasteiger partial charge in [0.15, 0.2) is 0 Å². The summed E-state index contributed by atoms with van der Waals surface area (Å²) in [5.74, 6) is 6.40. The molecule has 28 heavy (non-hydrogen) atoms. The second-order valence-electron chi connectivity index (χ2n) is 8.66. The Hall–Kier alpha value is -1.89. The van der Waals surface area contributed by atoms with Crippen molar-refractivity contribution in [3.05, 3.63) is 47.6 Å². The molecule has 0 amide bonds. The van der Waals surface area contributed by atoms with E-state index >= 15 is 0 Å². The van der Waals surface area contributed by atoms with Crippen molar-refractivity contribution in [1.82, 2.24) is 10.3 Å². The number of aliphatic hydroxyl groups excluding tert-OH is 1. The molecule has 0 aliphatic carbocycles. The number of nitrogens with zero attached hydrogens (tertiary/aromatic N) is 2. The van der Waals surface area contributed by atoms with Crippen LogP contribution in [0.15, 0.2) is 52.6 Å². The van der Waals surface area contributed by atoms with Gasteiger partial charge in [0.05, 0.1) is 36.3 Å². The molecule has 156 valence electrons. The van der Waals surface area contributed by atoms with Gasteiger partial charge >= 0.3 is 0 Å². The fraction of sp³-hybridized carbons (Fsp3) is 0.591. The van der Waals surface area contributed by atoms with Crippen LogP contribution in [0.25, 0.3) is 0 Å². The van der Waals surface area contributed by atoms with E-state index in [0.717, 1.165) is 41.8 Å². The van der Waals surface area contributed by atoms with E-state index in [2.05, 4.69) is 44.2 Å². The molecule has 4 N–H and O–H groups in total. The molecule has 0 aromatic heterocycles. The van der Waals surface area contributed by atoms with Gasteiger partial charge in [-0.25, -0.2) is 5.84 Å². The van der Waals surface area contributed by atoms with E-state index in [1.54, 1.807) is 11.2 Å². The van der Waals surface area contributed by atoms with E-state index in [0.29, 0.717) is 5.70 Å². The number of aliphatic imine (C=N–C) groups is 1. The zero-order chi connectivity index (χ0) is 21.1. The fourth-order valence-electron chi connectivity index (χ4n) is 3.71. The molecule has 1 saturated heterocycles. The predicted octanol–water partition coefficient (Wildman–Crippen LogP) is 3.39. The van der Waals surface area contributed by atoms with E-state index < -0.39 is 0 Å². The third-order valence-corrected chi connectivity index (χ3v) is 5.40. The average molecular weight is 389 g/mol. The number of nitrogens with two attached hydrogens (primary N) is 1. The van der Waals surface area contributed by atoms with Crippen LogP contribution in [0.1, 0.15) is 53.9 Å². The van der Waals surface area contributed by atoms with Crippen LogP contribution < -0.4 is 11.2 Å². The molecule has 1 fully saturated rings. The molecule has 6 heteroatoms. The lowest BCUT2D eigenvalue weighted by Crippen LogP contribution is -2.43. The summed E-state index contributed by atoms with van der Waals surface area (Å²) in [7, 11) is 0. The monoisotopic (exact) mass is 388 g/mol. The van der Waals surface area contributed by atoms with Crippen molar-refractivity contribution in [1.29, 1.82) is 0 Å². The number of ether oxygens (including phenoxy) is 1. The van der Waals surface area contributed by atoms with Crippen LogP contribution in [0.2, 0.25) is 0 Å². The quantitative estimate of drug-likeness (QED) is 0.257. The molecule has 6 nitrogen and oxygen atoms in total. The molecular formula is C22H36N4O2. The number of allylic oxidation sites excluding steroid dienone is 2. The molecule has 2 aliphatic rings. The third-order valence-electron chi connectivity index (χ3n) is 5.40. The zero-order valence-corrected chi connectivity index (χ0v) is 18.0. The van der Waals surface area contributed by atoms with Crippen LogP contribution in [0.3, 0.4) is 0 Å². The predicted molar refractivity (Wildman–Crippen MR) is 115 cm³/mol. The number of fused-ring (bicyclic) bond motifs is 2. The van der Waals surface area contributed by atoms with Gasteiger partial charge in [-0.3, -0.25) is 10.0 Å². The van der Waals surface area contributed by atoms with E-state index in [9.17, 15) is 5.11 Å². The summed E-state index contributed by atoms with van der Waals surface area (Å²) in [4.78, 5) is 4.27. The first kappa shape index (κ1) is 22.4. The van der Waals surface area contributed by atoms with Gasteiger partial charge in [-0.05, 0) is 43.3 Å². The molecule has 2 bridgehead atoms. The number of nitrogens with one attached hydrogen (secondary N) is 1. The van der Waals surface area contributed by atoms with Gasteiger partial charge in [-0.1, -0.05) is 33.9 Å². The maximum atomic E-state index is 9.77. The summed E-state index contributed by atoms with van der Waals surface area (Å²) in [6, 6.07) is -0.118. The van der Waals surface area contributed by atoms with Crippen molar-refractivity contribution < 1.29 is 9.84 Å². The largest absolute Gasteiger partial charge is 0.394 e. The highest BCUT2D eigenvalue weighted by molar-refractivity contribution is 5.55. The lowest BCUT2D eigenvalue weighted by atomic mass is 9.86. The summed E-state index contributed by atoms with van der Waals surface area (Å²) < 4.78 is 6.11. The topological polar surface area (TPSA) is 83.1 Å². The Balaban J connectivity index is 2.33. The highest BCUT2D eigenvalue weighted by atomic mass is 16.5. The van der Waals surface area contributed by atoms with Crippen LogP contribution in [0, 0.1) is 5.41 Å². The number of hydrazine groups is 1. The third kappa shape index (κ3) is 5.13. The van der Waals surface area contributed by atoms with Crippen molar-refractivity contribution in [2.75, 3.05) is 6.61 Å². The Morgan fingerprint density at radius 1 is 1.43 bits per heavy atom. The highest BCUT2D eigenvalue weighted by Gasteiger charge is 2.38. The summed E-state index contributed by atoms with van der Waals surface area (Å²) in [6.07, 6.45) is 6.40. The van der Waals surface area contributed by atoms with Gasteiger partial charge in [0.25, 0.3) is 0 Å². The second-order valence-corrected chi connectivity index (χ2v) is 8.66. The van der Waals surface area contributed by atoms with Crippen LogP contribution in [-0.4, -0.2) is 41.2 Å². The summed E-state index contributed by atoms with van der Waals surface area (Å²) >= 11 is 0. The van der Waals surface area contributed by atoms with E-state index in [4.69, 9.17) is 10.6 Å². The lowest BCUT2D eigenvalue weighted by molar-refractivity contribution is 0.0389. The first-order valence-electron chi connectivity index (χ1n) is 9.94. The Labute approximate surface area is 169 Å². The van der Waals surface area contributed by atoms with Crippen LogP contribution in [0.4, 0.5) is 0 Å². The Bertz CT molecular complexity index is 700. The minimum atomic E-state index is -0.118. The molecule has 0 aromatic rings. The van der Waals surface area contributed by atoms with Gasteiger partial charge in [0, 0.05) is 24.5 Å². The van der Waals surface area contributed by atoms with Gasteiger partial charge in [-0.2, -0.15) is 0 Å². The summed E-state index contributed by atoms with van der Waals surface area (Å²) in [6.45, 7) is 18.5. The summed E-state index contributed by atoms with van der Waals surface area (Å²) in [5.41, 5.74) is 4.22. The molecule has 2 rings (SSSR count). The molecule has 0 radical (unpaired) electrons. The van der Waals surface area contributed by atoms with E-state index in [1.807, 2.05) is 20.0 Å². The van der Waals surface area contributed by atoms with Gasteiger partial charge in [0.1, 0.15) is 0 Å². The normalized spacial score (nSPS) is 23.9. The standard InChI is InChI=1S/C22H36N4O2/c1-8-24-14(2)12-26(23)21-18(11-17-9-10-19(21)28-17)15(3)16(4)25-20(13-27)22(5,6)7/h8,12,17,19-20,25,27H,3-4,9-11,13,23H2,1-2,5-7H3/b14-12-,24-8?/t17-,19+,20?/m0/s1. The number of rotatable bonds is 8. The Morgan fingerprint density at radius 2 is 2.11 bits per heavy atom. The number of hydrogen-bond acceptors (Lipinski definition) is 6. The van der Waals surface area contributed by atoms with Gasteiger partial charge < -0.3 is 15.2 Å². The minimum Gasteiger partial charge on any atom is -0.394 e. The van der Waals surface area contributed by atoms with Crippen LogP contribution >= 0.6 is 0 Å². The first-order chi connectivity index (χ1) is 13.1. The van der Waals surface area contributed by atoms with Crippen molar-refractivity contribution >= 4 is 6.21 Å². The van der Waals surface area contributed by atoms with Gasteiger partial charge in [-0.15, -0.1) is 0 Å². The SMILES string of the molecule is C=C(NC(CO)C(C)(C)C)C(=C)C1=C(N(N)/C=C(/C)N=CC)[C@H]2CC[C@@H](C1)O2. The zero-order valence-electron chi connectivity index (χ0n) is 18.0. The molecule has 2 aliphatic heterocycles. The fourth-order valence-corrected chi connectivity index (χ4v) is 3.71. The van der Waals surface area contributed by atoms with Crippen molar-refractivity contribution in [3.63, 3.8) is 0 Å². The molecule has 0 spiro atoms. The smallest absolute Gasteiger partial charge is 0.0997 e.